The Morgan fingerprint density at radius 2 is 2.12 bits per heavy atom. The van der Waals surface area contributed by atoms with Gasteiger partial charge in [-0.1, -0.05) is 0 Å². The third-order valence-corrected chi connectivity index (χ3v) is 1.98. The molecule has 0 radical (unpaired) electrons. The topological polar surface area (TPSA) is 55.8 Å². The maximum Gasteiger partial charge on any atom is 0.161 e. The Bertz CT molecular complexity index is 341. The predicted octanol–water partition coefficient (Wildman–Crippen LogP) is 1.84. The summed E-state index contributed by atoms with van der Waals surface area (Å²) in [4.78, 5) is 10.4. The van der Waals surface area contributed by atoms with Gasteiger partial charge in [0.15, 0.2) is 11.5 Å². The van der Waals surface area contributed by atoms with E-state index < -0.39 is 0 Å². The first-order valence-electron chi connectivity index (χ1n) is 4.82. The summed E-state index contributed by atoms with van der Waals surface area (Å²) in [5.41, 5.74) is 0.406. The molecule has 0 saturated carbocycles. The highest BCUT2D eigenvalue weighted by atomic mass is 35.5. The molecule has 0 aliphatic carbocycles. The minimum absolute atomic E-state index is 0.0538. The number of phenolic OH excluding ortho intramolecular Hbond substituents is 1. The summed E-state index contributed by atoms with van der Waals surface area (Å²) in [6.45, 7) is 1.20. The smallest absolute Gasteiger partial charge is 0.161 e. The van der Waals surface area contributed by atoms with Crippen molar-refractivity contribution in [2.75, 3.05) is 25.7 Å². The van der Waals surface area contributed by atoms with E-state index in [1.807, 2.05) is 0 Å². The second kappa shape index (κ2) is 7.09. The lowest BCUT2D eigenvalue weighted by Gasteiger charge is -2.08. The molecule has 1 aromatic rings. The van der Waals surface area contributed by atoms with Crippen LogP contribution in [0.4, 0.5) is 0 Å². The van der Waals surface area contributed by atoms with Gasteiger partial charge in [0.05, 0.1) is 13.2 Å². The molecule has 0 fully saturated rings. The predicted molar refractivity (Wildman–Crippen MR) is 60.5 cm³/mol. The first kappa shape index (κ1) is 12.8. The number of carbonyl (C=O) groups excluding carboxylic acids is 1. The van der Waals surface area contributed by atoms with Gasteiger partial charge in [-0.2, -0.15) is 0 Å². The molecule has 4 nitrogen and oxygen atoms in total. The fraction of sp³-hybridized carbons (Fsp3) is 0.364. The summed E-state index contributed by atoms with van der Waals surface area (Å²) in [5.74, 6) is 0.723. The molecule has 0 atom stereocenters. The zero-order valence-corrected chi connectivity index (χ0v) is 9.44. The molecule has 16 heavy (non-hydrogen) atoms. The fourth-order valence-corrected chi connectivity index (χ4v) is 1.21. The van der Waals surface area contributed by atoms with Gasteiger partial charge in [-0.15, -0.1) is 11.6 Å². The highest BCUT2D eigenvalue weighted by molar-refractivity contribution is 6.17. The van der Waals surface area contributed by atoms with Crippen LogP contribution < -0.4 is 4.74 Å². The molecule has 0 amide bonds. The first-order valence-corrected chi connectivity index (χ1v) is 5.36. The van der Waals surface area contributed by atoms with Crippen LogP contribution in [0.2, 0.25) is 0 Å². The van der Waals surface area contributed by atoms with E-state index in [9.17, 15) is 9.90 Å². The Hall–Kier alpha value is -1.26. The quantitative estimate of drug-likeness (QED) is 0.452. The van der Waals surface area contributed by atoms with Crippen LogP contribution in [0, 0.1) is 0 Å². The SMILES string of the molecule is O=Cc1ccc(OCCOCCCl)c(O)c1. The van der Waals surface area contributed by atoms with Crippen molar-refractivity contribution >= 4 is 17.9 Å². The average molecular weight is 245 g/mol. The Balaban J connectivity index is 2.39. The molecule has 1 aromatic carbocycles. The number of phenols is 1. The summed E-state index contributed by atoms with van der Waals surface area (Å²) >= 11 is 5.42. The number of hydrogen-bond acceptors (Lipinski definition) is 4. The summed E-state index contributed by atoms with van der Waals surface area (Å²) in [6.07, 6.45) is 0.660. The highest BCUT2D eigenvalue weighted by Gasteiger charge is 2.03. The van der Waals surface area contributed by atoms with Crippen molar-refractivity contribution in [1.82, 2.24) is 0 Å². The van der Waals surface area contributed by atoms with Crippen LogP contribution in [0.15, 0.2) is 18.2 Å². The Morgan fingerprint density at radius 1 is 1.31 bits per heavy atom. The molecular formula is C11H13ClO4. The normalized spacial score (nSPS) is 10.1. The summed E-state index contributed by atoms with van der Waals surface area (Å²) in [7, 11) is 0. The van der Waals surface area contributed by atoms with E-state index in [4.69, 9.17) is 21.1 Å². The van der Waals surface area contributed by atoms with Gasteiger partial charge in [0.25, 0.3) is 0 Å². The minimum Gasteiger partial charge on any atom is -0.504 e. The van der Waals surface area contributed by atoms with Gasteiger partial charge in [0.2, 0.25) is 0 Å². The van der Waals surface area contributed by atoms with E-state index in [0.717, 1.165) is 0 Å². The van der Waals surface area contributed by atoms with Crippen molar-refractivity contribution in [2.45, 2.75) is 0 Å². The molecule has 0 unspecified atom stereocenters. The van der Waals surface area contributed by atoms with E-state index in [1.165, 1.54) is 6.07 Å². The molecule has 1 N–H and O–H groups in total. The van der Waals surface area contributed by atoms with Crippen molar-refractivity contribution in [2.24, 2.45) is 0 Å². The molecule has 0 heterocycles. The number of carbonyl (C=O) groups is 1. The Labute approximate surface area is 98.7 Å². The number of alkyl halides is 1. The van der Waals surface area contributed by atoms with Crippen molar-refractivity contribution in [3.63, 3.8) is 0 Å². The molecule has 1 rings (SSSR count). The standard InChI is InChI=1S/C11H13ClO4/c12-3-4-15-5-6-16-11-2-1-9(8-13)7-10(11)14/h1-2,7-8,14H,3-6H2. The van der Waals surface area contributed by atoms with E-state index in [-0.39, 0.29) is 5.75 Å². The zero-order chi connectivity index (χ0) is 11.8. The summed E-state index contributed by atoms with van der Waals surface area (Å²) in [5, 5.41) is 9.48. The summed E-state index contributed by atoms with van der Waals surface area (Å²) in [6, 6.07) is 4.46. The van der Waals surface area contributed by atoms with Crippen LogP contribution in [0.25, 0.3) is 0 Å². The van der Waals surface area contributed by atoms with Crippen molar-refractivity contribution in [1.29, 1.82) is 0 Å². The molecule has 0 spiro atoms. The number of halogens is 1. The van der Waals surface area contributed by atoms with Gasteiger partial charge in [-0.05, 0) is 18.2 Å². The lowest BCUT2D eigenvalue weighted by molar-refractivity contribution is 0.110. The fourth-order valence-electron chi connectivity index (χ4n) is 1.10. The van der Waals surface area contributed by atoms with Gasteiger partial charge in [0, 0.05) is 11.4 Å². The second-order valence-corrected chi connectivity index (χ2v) is 3.37. The summed E-state index contributed by atoms with van der Waals surface area (Å²) < 4.78 is 10.3. The number of hydrogen-bond donors (Lipinski definition) is 1. The molecule has 0 saturated heterocycles. The maximum absolute atomic E-state index is 10.4. The Kier molecular flexibility index (Phi) is 5.67. The number of aldehydes is 1. The molecule has 0 aliphatic rings. The van der Waals surface area contributed by atoms with Gasteiger partial charge in [0.1, 0.15) is 12.9 Å². The van der Waals surface area contributed by atoms with Crippen LogP contribution in [-0.2, 0) is 4.74 Å². The van der Waals surface area contributed by atoms with Gasteiger partial charge in [-0.3, -0.25) is 4.79 Å². The second-order valence-electron chi connectivity index (χ2n) is 2.99. The lowest BCUT2D eigenvalue weighted by atomic mass is 10.2. The van der Waals surface area contributed by atoms with Crippen LogP contribution in [0.1, 0.15) is 10.4 Å². The van der Waals surface area contributed by atoms with Crippen molar-refractivity contribution in [3.05, 3.63) is 23.8 Å². The van der Waals surface area contributed by atoms with E-state index in [1.54, 1.807) is 12.1 Å². The molecule has 5 heteroatoms. The van der Waals surface area contributed by atoms with E-state index in [0.29, 0.717) is 43.3 Å². The van der Waals surface area contributed by atoms with Crippen LogP contribution in [0.5, 0.6) is 11.5 Å². The number of rotatable bonds is 7. The monoisotopic (exact) mass is 244 g/mol. The minimum atomic E-state index is -0.0538. The number of aromatic hydroxyl groups is 1. The van der Waals surface area contributed by atoms with E-state index >= 15 is 0 Å². The van der Waals surface area contributed by atoms with Crippen LogP contribution in [0.3, 0.4) is 0 Å². The number of ether oxygens (including phenoxy) is 2. The van der Waals surface area contributed by atoms with Crippen molar-refractivity contribution in [3.8, 4) is 11.5 Å². The van der Waals surface area contributed by atoms with Crippen LogP contribution >= 0.6 is 11.6 Å². The third-order valence-electron chi connectivity index (χ3n) is 1.83. The molecular weight excluding hydrogens is 232 g/mol. The van der Waals surface area contributed by atoms with Gasteiger partial charge < -0.3 is 14.6 Å². The highest BCUT2D eigenvalue weighted by Crippen LogP contribution is 2.25. The zero-order valence-electron chi connectivity index (χ0n) is 8.69. The maximum atomic E-state index is 10.4. The first-order chi connectivity index (χ1) is 7.77. The number of benzene rings is 1. The molecule has 0 bridgehead atoms. The molecule has 88 valence electrons. The van der Waals surface area contributed by atoms with Gasteiger partial charge in [-0.25, -0.2) is 0 Å². The molecule has 0 aliphatic heterocycles. The van der Waals surface area contributed by atoms with Crippen LogP contribution in [-0.4, -0.2) is 37.1 Å². The van der Waals surface area contributed by atoms with Crippen molar-refractivity contribution < 1.29 is 19.4 Å². The average Bonchev–Trinajstić information content (AvgIpc) is 2.30. The lowest BCUT2D eigenvalue weighted by Crippen LogP contribution is -2.08. The molecule has 0 aromatic heterocycles. The van der Waals surface area contributed by atoms with E-state index in [2.05, 4.69) is 0 Å². The van der Waals surface area contributed by atoms with Gasteiger partial charge >= 0.3 is 0 Å². The third kappa shape index (κ3) is 4.08. The Morgan fingerprint density at radius 3 is 2.75 bits per heavy atom. The largest absolute Gasteiger partial charge is 0.504 e.